The first-order chi connectivity index (χ1) is 10.8. The van der Waals surface area contributed by atoms with Crippen molar-refractivity contribution in [2.24, 2.45) is 0 Å². The molecule has 0 saturated heterocycles. The molecule has 3 rings (SSSR count). The van der Waals surface area contributed by atoms with Gasteiger partial charge in [-0.15, -0.1) is 16.4 Å². The van der Waals surface area contributed by atoms with Crippen molar-refractivity contribution < 1.29 is 4.79 Å². The van der Waals surface area contributed by atoms with E-state index in [2.05, 4.69) is 26.9 Å². The van der Waals surface area contributed by atoms with Crippen LogP contribution in [-0.4, -0.2) is 26.1 Å². The average Bonchev–Trinajstić information content (AvgIpc) is 3.17. The highest BCUT2D eigenvalue weighted by Gasteiger charge is 2.13. The van der Waals surface area contributed by atoms with Crippen LogP contribution in [-0.2, 0) is 11.3 Å². The lowest BCUT2D eigenvalue weighted by molar-refractivity contribution is -0.116. The van der Waals surface area contributed by atoms with Crippen LogP contribution in [0, 0.1) is 11.3 Å². The Balaban J connectivity index is 1.80. The standard InChI is InChI=1S/C14H10N6OS/c15-7-11-6-12(10-4-2-1-3-5-10)22-14(11)17-13(21)8-20-9-16-18-19-20/h1-6,9H,8H2,(H,17,21). The van der Waals surface area contributed by atoms with Gasteiger partial charge in [-0.25, -0.2) is 4.68 Å². The summed E-state index contributed by atoms with van der Waals surface area (Å²) in [6.45, 7) is -0.00353. The van der Waals surface area contributed by atoms with Crippen molar-refractivity contribution in [1.29, 1.82) is 5.26 Å². The number of tetrazole rings is 1. The van der Waals surface area contributed by atoms with Crippen molar-refractivity contribution in [3.8, 4) is 16.5 Å². The van der Waals surface area contributed by atoms with Gasteiger partial charge in [0.2, 0.25) is 5.91 Å². The maximum absolute atomic E-state index is 12.0. The molecule has 1 N–H and O–H groups in total. The Morgan fingerprint density at radius 2 is 2.18 bits per heavy atom. The summed E-state index contributed by atoms with van der Waals surface area (Å²) in [4.78, 5) is 12.9. The molecule has 108 valence electrons. The molecule has 1 amide bonds. The molecule has 0 spiro atoms. The first-order valence-corrected chi connectivity index (χ1v) is 7.18. The Kier molecular flexibility index (Phi) is 3.89. The lowest BCUT2D eigenvalue weighted by atomic mass is 10.2. The summed E-state index contributed by atoms with van der Waals surface area (Å²) in [6, 6.07) is 13.6. The number of amides is 1. The minimum absolute atomic E-state index is 0.00353. The molecule has 8 heteroatoms. The number of carbonyl (C=O) groups is 1. The van der Waals surface area contributed by atoms with E-state index in [-0.39, 0.29) is 12.5 Å². The maximum Gasteiger partial charge on any atom is 0.246 e. The molecule has 2 aromatic heterocycles. The minimum atomic E-state index is -0.287. The number of anilines is 1. The van der Waals surface area contributed by atoms with E-state index >= 15 is 0 Å². The van der Waals surface area contributed by atoms with Crippen molar-refractivity contribution in [1.82, 2.24) is 20.2 Å². The van der Waals surface area contributed by atoms with Crippen molar-refractivity contribution in [2.45, 2.75) is 6.54 Å². The molecule has 0 saturated carbocycles. The fraction of sp³-hybridized carbons (Fsp3) is 0.0714. The second-order valence-corrected chi connectivity index (χ2v) is 5.44. The molecule has 3 aromatic rings. The van der Waals surface area contributed by atoms with E-state index in [1.807, 2.05) is 30.3 Å². The van der Waals surface area contributed by atoms with Crippen LogP contribution in [0.15, 0.2) is 42.7 Å². The Morgan fingerprint density at radius 3 is 2.86 bits per heavy atom. The van der Waals surface area contributed by atoms with E-state index in [0.29, 0.717) is 10.6 Å². The van der Waals surface area contributed by atoms with E-state index < -0.39 is 0 Å². The molecule has 22 heavy (non-hydrogen) atoms. The number of hydrogen-bond acceptors (Lipinski definition) is 6. The first kappa shape index (κ1) is 13.9. The number of carbonyl (C=O) groups excluding carboxylic acids is 1. The molecule has 7 nitrogen and oxygen atoms in total. The SMILES string of the molecule is N#Cc1cc(-c2ccccc2)sc1NC(=O)Cn1cnnn1. The van der Waals surface area contributed by atoms with Gasteiger partial charge >= 0.3 is 0 Å². The molecule has 0 aliphatic rings. The quantitative estimate of drug-likeness (QED) is 0.794. The highest BCUT2D eigenvalue weighted by molar-refractivity contribution is 7.19. The molecular weight excluding hydrogens is 300 g/mol. The maximum atomic E-state index is 12.0. The van der Waals surface area contributed by atoms with Crippen LogP contribution in [0.3, 0.4) is 0 Å². The van der Waals surface area contributed by atoms with Crippen LogP contribution < -0.4 is 5.32 Å². The summed E-state index contributed by atoms with van der Waals surface area (Å²) in [6.07, 6.45) is 1.36. The molecule has 0 aliphatic heterocycles. The predicted octanol–water partition coefficient (Wildman–Crippen LogP) is 1.91. The van der Waals surface area contributed by atoms with Crippen molar-refractivity contribution >= 4 is 22.2 Å². The number of thiophene rings is 1. The third kappa shape index (κ3) is 2.99. The number of rotatable bonds is 4. The zero-order chi connectivity index (χ0) is 15.4. The van der Waals surface area contributed by atoms with Crippen molar-refractivity contribution in [3.63, 3.8) is 0 Å². The summed E-state index contributed by atoms with van der Waals surface area (Å²) in [5.74, 6) is -0.287. The van der Waals surface area contributed by atoms with E-state index in [9.17, 15) is 10.1 Å². The van der Waals surface area contributed by atoms with Gasteiger partial charge in [0.15, 0.2) is 0 Å². The number of nitrogens with one attached hydrogen (secondary N) is 1. The average molecular weight is 310 g/mol. The van der Waals surface area contributed by atoms with Gasteiger partial charge in [-0.3, -0.25) is 4.79 Å². The molecule has 2 heterocycles. The van der Waals surface area contributed by atoms with Gasteiger partial charge in [-0.1, -0.05) is 30.3 Å². The number of benzene rings is 1. The molecule has 1 aromatic carbocycles. The van der Waals surface area contributed by atoms with Gasteiger partial charge in [-0.05, 0) is 22.1 Å². The zero-order valence-corrected chi connectivity index (χ0v) is 12.1. The summed E-state index contributed by atoms with van der Waals surface area (Å²) in [5, 5.41) is 23.0. The second kappa shape index (κ2) is 6.15. The molecule has 0 aliphatic carbocycles. The predicted molar refractivity (Wildman–Crippen MR) is 80.9 cm³/mol. The lowest BCUT2D eigenvalue weighted by Gasteiger charge is -2.02. The van der Waals surface area contributed by atoms with Crippen LogP contribution in [0.2, 0.25) is 0 Å². The Bertz CT molecular complexity index is 819. The normalized spacial score (nSPS) is 10.1. The summed E-state index contributed by atoms with van der Waals surface area (Å²) >= 11 is 1.36. The van der Waals surface area contributed by atoms with Crippen LogP contribution in [0.25, 0.3) is 10.4 Å². The monoisotopic (exact) mass is 310 g/mol. The number of aromatic nitrogens is 4. The van der Waals surface area contributed by atoms with Gasteiger partial charge in [0.1, 0.15) is 23.9 Å². The molecule has 0 fully saturated rings. The van der Waals surface area contributed by atoms with E-state index in [1.165, 1.54) is 22.3 Å². The molecule has 0 unspecified atom stereocenters. The van der Waals surface area contributed by atoms with E-state index in [4.69, 9.17) is 0 Å². The van der Waals surface area contributed by atoms with Crippen molar-refractivity contribution in [3.05, 3.63) is 48.3 Å². The summed E-state index contributed by atoms with van der Waals surface area (Å²) in [7, 11) is 0. The van der Waals surface area contributed by atoms with Crippen LogP contribution in [0.5, 0.6) is 0 Å². The third-order valence-corrected chi connectivity index (χ3v) is 3.96. The minimum Gasteiger partial charge on any atom is -0.315 e. The van der Waals surface area contributed by atoms with Gasteiger partial charge in [0.25, 0.3) is 0 Å². The smallest absolute Gasteiger partial charge is 0.246 e. The first-order valence-electron chi connectivity index (χ1n) is 6.36. The highest BCUT2D eigenvalue weighted by atomic mass is 32.1. The number of nitriles is 1. The lowest BCUT2D eigenvalue weighted by Crippen LogP contribution is -2.19. The molecule has 0 bridgehead atoms. The van der Waals surface area contributed by atoms with Gasteiger partial charge < -0.3 is 5.32 Å². The number of nitrogens with zero attached hydrogens (tertiary/aromatic N) is 5. The fourth-order valence-corrected chi connectivity index (χ4v) is 2.91. The van der Waals surface area contributed by atoms with Crippen molar-refractivity contribution in [2.75, 3.05) is 5.32 Å². The van der Waals surface area contributed by atoms with E-state index in [1.54, 1.807) is 6.07 Å². The molecule has 0 radical (unpaired) electrons. The third-order valence-electron chi connectivity index (χ3n) is 2.86. The largest absolute Gasteiger partial charge is 0.315 e. The number of hydrogen-bond donors (Lipinski definition) is 1. The molecular formula is C14H10N6OS. The van der Waals surface area contributed by atoms with Gasteiger partial charge in [-0.2, -0.15) is 5.26 Å². The fourth-order valence-electron chi connectivity index (χ4n) is 1.88. The highest BCUT2D eigenvalue weighted by Crippen LogP contribution is 2.34. The van der Waals surface area contributed by atoms with Crippen LogP contribution in [0.4, 0.5) is 5.00 Å². The van der Waals surface area contributed by atoms with Gasteiger partial charge in [0.05, 0.1) is 5.56 Å². The van der Waals surface area contributed by atoms with Crippen LogP contribution in [0.1, 0.15) is 5.56 Å². The Labute approximate surface area is 129 Å². The Morgan fingerprint density at radius 1 is 1.36 bits per heavy atom. The summed E-state index contributed by atoms with van der Waals surface area (Å²) < 4.78 is 1.31. The summed E-state index contributed by atoms with van der Waals surface area (Å²) in [5.41, 5.74) is 1.44. The van der Waals surface area contributed by atoms with Gasteiger partial charge in [0, 0.05) is 4.88 Å². The zero-order valence-electron chi connectivity index (χ0n) is 11.3. The topological polar surface area (TPSA) is 96.5 Å². The van der Waals surface area contributed by atoms with E-state index in [0.717, 1.165) is 10.4 Å². The van der Waals surface area contributed by atoms with Crippen LogP contribution >= 0.6 is 11.3 Å². The second-order valence-electron chi connectivity index (χ2n) is 4.39. The Hall–Kier alpha value is -3.05. The molecule has 0 atom stereocenters.